The van der Waals surface area contributed by atoms with Crippen LogP contribution in [0.2, 0.25) is 0 Å². The van der Waals surface area contributed by atoms with E-state index in [0.717, 1.165) is 5.56 Å². The molecule has 0 bridgehead atoms. The molecule has 0 aliphatic carbocycles. The van der Waals surface area contributed by atoms with Crippen LogP contribution >= 0.6 is 0 Å². The quantitative estimate of drug-likeness (QED) is 0.508. The van der Waals surface area contributed by atoms with E-state index in [1.807, 2.05) is 30.3 Å². The van der Waals surface area contributed by atoms with Crippen molar-refractivity contribution in [2.75, 3.05) is 12.4 Å². The van der Waals surface area contributed by atoms with Gasteiger partial charge in [0.25, 0.3) is 0 Å². The molecule has 2 aromatic carbocycles. The van der Waals surface area contributed by atoms with Gasteiger partial charge in [-0.05, 0) is 36.4 Å². The van der Waals surface area contributed by atoms with Crippen LogP contribution in [-0.2, 0) is 11.2 Å². The van der Waals surface area contributed by atoms with Crippen LogP contribution in [0.25, 0.3) is 5.82 Å². The number of amides is 1. The molecule has 8 heteroatoms. The highest BCUT2D eigenvalue weighted by molar-refractivity contribution is 5.92. The number of hydrogen-bond acceptors (Lipinski definition) is 6. The number of rotatable bonds is 7. The summed E-state index contributed by atoms with van der Waals surface area (Å²) in [6.07, 6.45) is 5.09. The summed E-state index contributed by atoms with van der Waals surface area (Å²) < 4.78 is 12.7. The van der Waals surface area contributed by atoms with Gasteiger partial charge in [0.15, 0.2) is 5.82 Å². The zero-order valence-electron chi connectivity index (χ0n) is 16.2. The Bertz CT molecular complexity index is 1130. The number of nitrogens with one attached hydrogen (secondary N) is 1. The number of aromatic nitrogens is 4. The van der Waals surface area contributed by atoms with Crippen LogP contribution in [0.1, 0.15) is 5.56 Å². The third kappa shape index (κ3) is 4.61. The van der Waals surface area contributed by atoms with E-state index in [9.17, 15) is 4.79 Å². The lowest BCUT2D eigenvalue weighted by atomic mass is 10.1. The van der Waals surface area contributed by atoms with E-state index >= 15 is 0 Å². The van der Waals surface area contributed by atoms with Gasteiger partial charge in [-0.15, -0.1) is 0 Å². The van der Waals surface area contributed by atoms with Crippen molar-refractivity contribution in [2.24, 2.45) is 0 Å². The third-order valence-electron chi connectivity index (χ3n) is 4.27. The minimum atomic E-state index is -0.132. The first-order valence-electron chi connectivity index (χ1n) is 9.23. The van der Waals surface area contributed by atoms with Gasteiger partial charge in [-0.2, -0.15) is 5.10 Å². The molecule has 0 radical (unpaired) electrons. The molecular formula is C22H19N5O3. The molecule has 0 unspecified atom stereocenters. The topological polar surface area (TPSA) is 91.2 Å². The Kier molecular flexibility index (Phi) is 5.66. The molecule has 0 saturated heterocycles. The van der Waals surface area contributed by atoms with Crippen molar-refractivity contribution in [3.05, 3.63) is 84.9 Å². The predicted molar refractivity (Wildman–Crippen MR) is 111 cm³/mol. The van der Waals surface area contributed by atoms with Crippen molar-refractivity contribution in [3.63, 3.8) is 0 Å². The number of hydrogen-bond donors (Lipinski definition) is 1. The molecule has 30 heavy (non-hydrogen) atoms. The Hall–Kier alpha value is -4.20. The molecule has 1 amide bonds. The first kappa shape index (κ1) is 19.1. The number of nitrogens with zero attached hydrogens (tertiary/aromatic N) is 4. The van der Waals surface area contributed by atoms with E-state index in [-0.39, 0.29) is 12.3 Å². The SMILES string of the molecule is COc1ccccc1CC(=O)Nc1ccc(Oc2cc(-n3cccn3)ncn2)cc1. The maximum Gasteiger partial charge on any atom is 0.228 e. The molecule has 1 N–H and O–H groups in total. The van der Waals surface area contributed by atoms with Crippen molar-refractivity contribution >= 4 is 11.6 Å². The van der Waals surface area contributed by atoms with Gasteiger partial charge < -0.3 is 14.8 Å². The maximum atomic E-state index is 12.4. The normalized spacial score (nSPS) is 10.4. The second-order valence-electron chi connectivity index (χ2n) is 6.33. The fraction of sp³-hybridized carbons (Fsp3) is 0.0909. The van der Waals surface area contributed by atoms with Crippen LogP contribution in [0.3, 0.4) is 0 Å². The highest BCUT2D eigenvalue weighted by Gasteiger charge is 2.09. The number of anilines is 1. The summed E-state index contributed by atoms with van der Waals surface area (Å²) in [5, 5.41) is 7.01. The van der Waals surface area contributed by atoms with Gasteiger partial charge in [0, 0.05) is 29.7 Å². The Labute approximate surface area is 173 Å². The number of benzene rings is 2. The summed E-state index contributed by atoms with van der Waals surface area (Å²) in [5.41, 5.74) is 1.50. The molecule has 0 saturated carbocycles. The van der Waals surface area contributed by atoms with Crippen LogP contribution in [0.5, 0.6) is 17.4 Å². The first-order chi connectivity index (χ1) is 14.7. The molecule has 2 heterocycles. The van der Waals surface area contributed by atoms with Gasteiger partial charge in [-0.1, -0.05) is 18.2 Å². The molecule has 4 rings (SSSR count). The molecule has 8 nitrogen and oxygen atoms in total. The zero-order chi connectivity index (χ0) is 20.8. The summed E-state index contributed by atoms with van der Waals surface area (Å²) in [4.78, 5) is 20.6. The number of carbonyl (C=O) groups is 1. The summed E-state index contributed by atoms with van der Waals surface area (Å²) in [6.45, 7) is 0. The van der Waals surface area contributed by atoms with Crippen molar-refractivity contribution < 1.29 is 14.3 Å². The van der Waals surface area contributed by atoms with Gasteiger partial charge in [0.1, 0.15) is 17.8 Å². The second kappa shape index (κ2) is 8.87. The molecular weight excluding hydrogens is 382 g/mol. The Morgan fingerprint density at radius 1 is 1.07 bits per heavy atom. The molecule has 0 atom stereocenters. The molecule has 0 spiro atoms. The van der Waals surface area contributed by atoms with Crippen LogP contribution in [0.4, 0.5) is 5.69 Å². The van der Waals surface area contributed by atoms with Crippen molar-refractivity contribution in [3.8, 4) is 23.2 Å². The van der Waals surface area contributed by atoms with Crippen molar-refractivity contribution in [1.29, 1.82) is 0 Å². The van der Waals surface area contributed by atoms with E-state index in [4.69, 9.17) is 9.47 Å². The first-order valence-corrected chi connectivity index (χ1v) is 9.23. The standard InChI is InChI=1S/C22H19N5O3/c1-29-19-6-3-2-5-16(19)13-21(28)26-17-7-9-18(10-8-17)30-22-14-20(23-15-24-22)27-12-4-11-25-27/h2-12,14-15H,13H2,1H3,(H,26,28). The number of ether oxygens (including phenoxy) is 2. The number of methoxy groups -OCH3 is 1. The average molecular weight is 401 g/mol. The zero-order valence-corrected chi connectivity index (χ0v) is 16.2. The second-order valence-corrected chi connectivity index (χ2v) is 6.33. The highest BCUT2D eigenvalue weighted by Crippen LogP contribution is 2.23. The minimum absolute atomic E-state index is 0.132. The number of para-hydroxylation sites is 1. The van der Waals surface area contributed by atoms with Crippen molar-refractivity contribution in [1.82, 2.24) is 19.7 Å². The van der Waals surface area contributed by atoms with Crippen LogP contribution in [-0.4, -0.2) is 32.8 Å². The molecule has 0 aliphatic heterocycles. The van der Waals surface area contributed by atoms with E-state index in [1.54, 1.807) is 54.5 Å². The lowest BCUT2D eigenvalue weighted by molar-refractivity contribution is -0.115. The minimum Gasteiger partial charge on any atom is -0.496 e. The van der Waals surface area contributed by atoms with E-state index in [0.29, 0.717) is 28.9 Å². The van der Waals surface area contributed by atoms with Crippen LogP contribution in [0, 0.1) is 0 Å². The van der Waals surface area contributed by atoms with Gasteiger partial charge in [-0.25, -0.2) is 14.6 Å². The predicted octanol–water partition coefficient (Wildman–Crippen LogP) is 3.64. The van der Waals surface area contributed by atoms with Crippen molar-refractivity contribution in [2.45, 2.75) is 6.42 Å². The fourth-order valence-electron chi connectivity index (χ4n) is 2.87. The van der Waals surface area contributed by atoms with E-state index in [2.05, 4.69) is 20.4 Å². The molecule has 2 aromatic heterocycles. The summed E-state index contributed by atoms with van der Waals surface area (Å²) in [6, 6.07) is 18.0. The maximum absolute atomic E-state index is 12.4. The smallest absolute Gasteiger partial charge is 0.228 e. The fourth-order valence-corrected chi connectivity index (χ4v) is 2.87. The lowest BCUT2D eigenvalue weighted by Gasteiger charge is -2.10. The van der Waals surface area contributed by atoms with E-state index in [1.165, 1.54) is 6.33 Å². The van der Waals surface area contributed by atoms with Gasteiger partial charge in [0.05, 0.1) is 13.5 Å². The third-order valence-corrected chi connectivity index (χ3v) is 4.27. The van der Waals surface area contributed by atoms with Gasteiger partial charge >= 0.3 is 0 Å². The monoisotopic (exact) mass is 401 g/mol. The summed E-state index contributed by atoms with van der Waals surface area (Å²) in [7, 11) is 1.59. The Morgan fingerprint density at radius 2 is 1.90 bits per heavy atom. The van der Waals surface area contributed by atoms with Gasteiger partial charge in [-0.3, -0.25) is 4.79 Å². The van der Waals surface area contributed by atoms with Crippen LogP contribution in [0.15, 0.2) is 79.4 Å². The molecule has 150 valence electrons. The largest absolute Gasteiger partial charge is 0.496 e. The van der Waals surface area contributed by atoms with Crippen LogP contribution < -0.4 is 14.8 Å². The van der Waals surface area contributed by atoms with E-state index < -0.39 is 0 Å². The lowest BCUT2D eigenvalue weighted by Crippen LogP contribution is -2.14. The summed E-state index contributed by atoms with van der Waals surface area (Å²) >= 11 is 0. The Morgan fingerprint density at radius 3 is 2.67 bits per heavy atom. The molecule has 4 aromatic rings. The molecule has 0 fully saturated rings. The summed E-state index contributed by atoms with van der Waals surface area (Å²) in [5.74, 6) is 2.14. The average Bonchev–Trinajstić information content (AvgIpc) is 3.31. The molecule has 0 aliphatic rings. The number of carbonyl (C=O) groups excluding carboxylic acids is 1. The Balaban J connectivity index is 1.38. The van der Waals surface area contributed by atoms with Gasteiger partial charge in [0.2, 0.25) is 11.8 Å². The highest BCUT2D eigenvalue weighted by atomic mass is 16.5.